The second kappa shape index (κ2) is 5.20. The van der Waals surface area contributed by atoms with Crippen molar-refractivity contribution in [2.45, 2.75) is 18.7 Å². The van der Waals surface area contributed by atoms with Crippen molar-refractivity contribution in [3.05, 3.63) is 59.2 Å². The maximum Gasteiger partial charge on any atom is 0.262 e. The van der Waals surface area contributed by atoms with Gasteiger partial charge in [-0.3, -0.25) is 4.72 Å². The minimum absolute atomic E-state index is 0.322. The van der Waals surface area contributed by atoms with E-state index in [1.807, 2.05) is 13.0 Å². The van der Waals surface area contributed by atoms with Crippen LogP contribution in [0.5, 0.6) is 0 Å². The minimum Gasteiger partial charge on any atom is -0.279 e. The summed E-state index contributed by atoms with van der Waals surface area (Å²) in [7, 11) is -3.95. The van der Waals surface area contributed by atoms with Crippen molar-refractivity contribution in [2.75, 3.05) is 4.72 Å². The number of sulfonamides is 1. The number of halogens is 2. The summed E-state index contributed by atoms with van der Waals surface area (Å²) in [5.74, 6) is -2.29. The SMILES string of the molecule is Cc1cccc(NS(=O)(=O)c2ccc(F)c(F)c2)c1C. The molecule has 0 heterocycles. The van der Waals surface area contributed by atoms with E-state index in [0.717, 1.165) is 23.3 Å². The quantitative estimate of drug-likeness (QED) is 0.944. The molecule has 3 nitrogen and oxygen atoms in total. The van der Waals surface area contributed by atoms with Crippen LogP contribution in [0.25, 0.3) is 0 Å². The molecule has 0 amide bonds. The molecule has 0 atom stereocenters. The number of anilines is 1. The highest BCUT2D eigenvalue weighted by Crippen LogP contribution is 2.22. The van der Waals surface area contributed by atoms with Crippen molar-refractivity contribution < 1.29 is 17.2 Å². The molecule has 0 saturated heterocycles. The van der Waals surface area contributed by atoms with Gasteiger partial charge in [-0.25, -0.2) is 17.2 Å². The molecular weight excluding hydrogens is 284 g/mol. The largest absolute Gasteiger partial charge is 0.279 e. The van der Waals surface area contributed by atoms with Crippen LogP contribution in [0, 0.1) is 25.5 Å². The third-order valence-corrected chi connectivity index (χ3v) is 4.41. The molecule has 1 N–H and O–H groups in total. The zero-order chi connectivity index (χ0) is 14.9. The van der Waals surface area contributed by atoms with Crippen LogP contribution in [0.2, 0.25) is 0 Å². The van der Waals surface area contributed by atoms with Gasteiger partial charge in [0, 0.05) is 0 Å². The molecule has 106 valence electrons. The van der Waals surface area contributed by atoms with E-state index in [9.17, 15) is 17.2 Å². The fourth-order valence-electron chi connectivity index (χ4n) is 1.71. The van der Waals surface area contributed by atoms with Crippen LogP contribution >= 0.6 is 0 Å². The van der Waals surface area contributed by atoms with Crippen LogP contribution in [-0.4, -0.2) is 8.42 Å². The van der Waals surface area contributed by atoms with E-state index in [2.05, 4.69) is 4.72 Å². The summed E-state index contributed by atoms with van der Waals surface area (Å²) in [5, 5.41) is 0. The molecule has 0 aliphatic heterocycles. The topological polar surface area (TPSA) is 46.2 Å². The van der Waals surface area contributed by atoms with Gasteiger partial charge in [0.1, 0.15) is 0 Å². The average Bonchev–Trinajstić information content (AvgIpc) is 2.38. The Morgan fingerprint density at radius 1 is 1.00 bits per heavy atom. The second-order valence-electron chi connectivity index (χ2n) is 4.43. The Balaban J connectivity index is 2.41. The molecule has 0 saturated carbocycles. The fraction of sp³-hybridized carbons (Fsp3) is 0.143. The summed E-state index contributed by atoms with van der Waals surface area (Å²) < 4.78 is 52.6. The lowest BCUT2D eigenvalue weighted by molar-refractivity contribution is 0.504. The van der Waals surface area contributed by atoms with Crippen LogP contribution in [0.15, 0.2) is 41.3 Å². The summed E-state index contributed by atoms with van der Waals surface area (Å²) in [6, 6.07) is 7.64. The number of hydrogen-bond donors (Lipinski definition) is 1. The lowest BCUT2D eigenvalue weighted by atomic mass is 10.1. The summed E-state index contributed by atoms with van der Waals surface area (Å²) in [6.07, 6.45) is 0. The van der Waals surface area contributed by atoms with Gasteiger partial charge in [-0.1, -0.05) is 12.1 Å². The van der Waals surface area contributed by atoms with E-state index in [0.29, 0.717) is 11.8 Å². The van der Waals surface area contributed by atoms with Crippen molar-refractivity contribution >= 4 is 15.7 Å². The van der Waals surface area contributed by atoms with Crippen LogP contribution in [0.3, 0.4) is 0 Å². The Hall–Kier alpha value is -1.95. The summed E-state index contributed by atoms with van der Waals surface area (Å²) >= 11 is 0. The number of nitrogens with one attached hydrogen (secondary N) is 1. The number of hydrogen-bond acceptors (Lipinski definition) is 2. The first kappa shape index (κ1) is 14.5. The minimum atomic E-state index is -3.95. The van der Waals surface area contributed by atoms with Gasteiger partial charge in [0.2, 0.25) is 0 Å². The Morgan fingerprint density at radius 2 is 1.70 bits per heavy atom. The zero-order valence-electron chi connectivity index (χ0n) is 10.9. The van der Waals surface area contributed by atoms with E-state index in [4.69, 9.17) is 0 Å². The van der Waals surface area contributed by atoms with E-state index in [1.165, 1.54) is 0 Å². The predicted octanol–water partition coefficient (Wildman–Crippen LogP) is 3.38. The Labute approximate surface area is 116 Å². The molecule has 0 spiro atoms. The van der Waals surface area contributed by atoms with Crippen molar-refractivity contribution in [3.8, 4) is 0 Å². The van der Waals surface area contributed by atoms with Crippen LogP contribution in [-0.2, 0) is 10.0 Å². The molecule has 2 aromatic rings. The molecule has 0 aromatic heterocycles. The van der Waals surface area contributed by atoms with Crippen LogP contribution in [0.1, 0.15) is 11.1 Å². The molecule has 0 unspecified atom stereocenters. The normalized spacial score (nSPS) is 11.4. The summed E-state index contributed by atoms with van der Waals surface area (Å²) in [6.45, 7) is 3.63. The molecule has 0 bridgehead atoms. The Kier molecular flexibility index (Phi) is 3.76. The smallest absolute Gasteiger partial charge is 0.262 e. The van der Waals surface area contributed by atoms with E-state index >= 15 is 0 Å². The molecular formula is C14H13F2NO2S. The standard InChI is InChI=1S/C14H13F2NO2S/c1-9-4-3-5-14(10(9)2)17-20(18,19)11-6-7-12(15)13(16)8-11/h3-8,17H,1-2H3. The van der Waals surface area contributed by atoms with E-state index in [1.54, 1.807) is 19.1 Å². The Bertz CT molecular complexity index is 758. The van der Waals surface area contributed by atoms with Gasteiger partial charge < -0.3 is 0 Å². The zero-order valence-corrected chi connectivity index (χ0v) is 11.8. The van der Waals surface area contributed by atoms with Crippen LogP contribution in [0.4, 0.5) is 14.5 Å². The molecule has 20 heavy (non-hydrogen) atoms. The third-order valence-electron chi connectivity index (χ3n) is 3.05. The van der Waals surface area contributed by atoms with Crippen LogP contribution < -0.4 is 4.72 Å². The van der Waals surface area contributed by atoms with Crippen molar-refractivity contribution in [3.63, 3.8) is 0 Å². The van der Waals surface area contributed by atoms with Gasteiger partial charge in [-0.05, 0) is 49.2 Å². The molecule has 2 rings (SSSR count). The molecule has 6 heteroatoms. The van der Waals surface area contributed by atoms with Crippen molar-refractivity contribution in [2.24, 2.45) is 0 Å². The van der Waals surface area contributed by atoms with E-state index < -0.39 is 21.7 Å². The Morgan fingerprint density at radius 3 is 2.35 bits per heavy atom. The molecule has 0 aliphatic rings. The maximum absolute atomic E-state index is 13.1. The van der Waals surface area contributed by atoms with Gasteiger partial charge >= 0.3 is 0 Å². The molecule has 0 aliphatic carbocycles. The van der Waals surface area contributed by atoms with Gasteiger partial charge in [0.05, 0.1) is 10.6 Å². The number of aryl methyl sites for hydroxylation is 1. The lowest BCUT2D eigenvalue weighted by Crippen LogP contribution is -2.14. The van der Waals surface area contributed by atoms with Gasteiger partial charge in [0.15, 0.2) is 11.6 Å². The first-order chi connectivity index (χ1) is 9.31. The highest BCUT2D eigenvalue weighted by atomic mass is 32.2. The highest BCUT2D eigenvalue weighted by Gasteiger charge is 2.17. The first-order valence-corrected chi connectivity index (χ1v) is 7.33. The fourth-order valence-corrected chi connectivity index (χ4v) is 2.84. The average molecular weight is 297 g/mol. The summed E-state index contributed by atoms with van der Waals surface area (Å²) in [5.41, 5.74) is 2.11. The predicted molar refractivity (Wildman–Crippen MR) is 73.1 cm³/mol. The number of benzene rings is 2. The van der Waals surface area contributed by atoms with E-state index in [-0.39, 0.29) is 4.90 Å². The third kappa shape index (κ3) is 2.80. The highest BCUT2D eigenvalue weighted by molar-refractivity contribution is 7.92. The van der Waals surface area contributed by atoms with Crippen molar-refractivity contribution in [1.82, 2.24) is 0 Å². The molecule has 0 radical (unpaired) electrons. The second-order valence-corrected chi connectivity index (χ2v) is 6.11. The monoisotopic (exact) mass is 297 g/mol. The lowest BCUT2D eigenvalue weighted by Gasteiger charge is -2.12. The molecule has 0 fully saturated rings. The first-order valence-electron chi connectivity index (χ1n) is 5.85. The number of rotatable bonds is 3. The van der Waals surface area contributed by atoms with Crippen molar-refractivity contribution in [1.29, 1.82) is 0 Å². The molecule has 2 aromatic carbocycles. The van der Waals surface area contributed by atoms with Gasteiger partial charge in [0.25, 0.3) is 10.0 Å². The maximum atomic E-state index is 13.1. The van der Waals surface area contributed by atoms with Gasteiger partial charge in [-0.2, -0.15) is 0 Å². The van der Waals surface area contributed by atoms with Gasteiger partial charge in [-0.15, -0.1) is 0 Å². The summed E-state index contributed by atoms with van der Waals surface area (Å²) in [4.78, 5) is -0.322.